The summed E-state index contributed by atoms with van der Waals surface area (Å²) < 4.78 is 22.2. The Bertz CT molecular complexity index is 1300. The molecule has 4 rings (SSSR count). The van der Waals surface area contributed by atoms with Gasteiger partial charge in [0.2, 0.25) is 11.8 Å². The summed E-state index contributed by atoms with van der Waals surface area (Å²) in [6.45, 7) is 2.22. The summed E-state index contributed by atoms with van der Waals surface area (Å²) in [5.41, 5.74) is 1.63. The van der Waals surface area contributed by atoms with Gasteiger partial charge in [0.1, 0.15) is 22.8 Å². The van der Waals surface area contributed by atoms with E-state index in [1.54, 1.807) is 12.1 Å². The highest BCUT2D eigenvalue weighted by molar-refractivity contribution is 6.30. The fourth-order valence-electron chi connectivity index (χ4n) is 3.55. The number of hydrogen-bond donors (Lipinski definition) is 2. The third-order valence-electron chi connectivity index (χ3n) is 5.19. The maximum absolute atomic E-state index is 11.4. The normalized spacial score (nSPS) is 11.0. The number of pyridine rings is 2. The molecule has 35 heavy (non-hydrogen) atoms. The van der Waals surface area contributed by atoms with E-state index in [1.165, 1.54) is 26.6 Å². The molecular formula is C24H23ClN4O6. The first-order valence-corrected chi connectivity index (χ1v) is 11.0. The summed E-state index contributed by atoms with van der Waals surface area (Å²) >= 11 is 5.94. The number of ether oxygens (including phenoxy) is 3. The van der Waals surface area contributed by atoms with Crippen molar-refractivity contribution in [1.29, 1.82) is 0 Å². The Hall–Kier alpha value is -3.89. The third-order valence-corrected chi connectivity index (χ3v) is 5.44. The lowest BCUT2D eigenvalue weighted by molar-refractivity contribution is 0.131. The highest BCUT2D eigenvalue weighted by Crippen LogP contribution is 2.49. The minimum absolute atomic E-state index is 0.00746. The van der Waals surface area contributed by atoms with E-state index in [2.05, 4.69) is 20.2 Å². The average Bonchev–Trinajstić information content (AvgIpc) is 3.31. The van der Waals surface area contributed by atoms with Crippen LogP contribution in [0.5, 0.6) is 23.1 Å². The molecule has 0 saturated carbocycles. The molecule has 0 radical (unpaired) electrons. The molecule has 2 N–H and O–H groups in total. The Kier molecular flexibility index (Phi) is 7.33. The average molecular weight is 499 g/mol. The molecule has 3 heterocycles. The Morgan fingerprint density at radius 3 is 2.26 bits per heavy atom. The van der Waals surface area contributed by atoms with Gasteiger partial charge in [0.25, 0.3) is 5.89 Å². The van der Waals surface area contributed by atoms with Crippen molar-refractivity contribution in [2.24, 2.45) is 0 Å². The molecule has 0 bridgehead atoms. The minimum atomic E-state index is -0.491. The quantitative estimate of drug-likeness (QED) is 0.342. The van der Waals surface area contributed by atoms with E-state index in [9.17, 15) is 10.2 Å². The van der Waals surface area contributed by atoms with Crippen molar-refractivity contribution in [3.8, 4) is 45.7 Å². The van der Waals surface area contributed by atoms with Gasteiger partial charge in [-0.1, -0.05) is 23.7 Å². The fraction of sp³-hybridized carbons (Fsp3) is 0.250. The number of rotatable bonds is 9. The van der Waals surface area contributed by atoms with Gasteiger partial charge >= 0.3 is 0 Å². The summed E-state index contributed by atoms with van der Waals surface area (Å²) in [5, 5.41) is 30.8. The molecule has 4 aromatic rings. The highest BCUT2D eigenvalue weighted by Gasteiger charge is 2.29. The van der Waals surface area contributed by atoms with Crippen LogP contribution in [0.2, 0.25) is 5.02 Å². The Morgan fingerprint density at radius 1 is 0.943 bits per heavy atom. The van der Waals surface area contributed by atoms with Gasteiger partial charge in [0.15, 0.2) is 0 Å². The van der Waals surface area contributed by atoms with Crippen molar-refractivity contribution >= 4 is 11.6 Å². The number of aromatic nitrogens is 4. The van der Waals surface area contributed by atoms with E-state index in [0.29, 0.717) is 35.1 Å². The smallest absolute Gasteiger partial charge is 0.257 e. The molecule has 0 unspecified atom stereocenters. The van der Waals surface area contributed by atoms with Crippen molar-refractivity contribution in [1.82, 2.24) is 20.2 Å². The van der Waals surface area contributed by atoms with Crippen molar-refractivity contribution in [3.05, 3.63) is 58.8 Å². The van der Waals surface area contributed by atoms with E-state index < -0.39 is 5.88 Å². The Labute approximate surface area is 206 Å². The van der Waals surface area contributed by atoms with Crippen LogP contribution in [0.15, 0.2) is 41.1 Å². The van der Waals surface area contributed by atoms with Crippen LogP contribution < -0.4 is 9.47 Å². The topological polar surface area (TPSA) is 133 Å². The van der Waals surface area contributed by atoms with Gasteiger partial charge in [-0.05, 0) is 24.6 Å². The third kappa shape index (κ3) is 4.98. The minimum Gasteiger partial charge on any atom is -0.506 e. The van der Waals surface area contributed by atoms with Crippen LogP contribution >= 0.6 is 11.6 Å². The van der Waals surface area contributed by atoms with Crippen LogP contribution in [0.25, 0.3) is 22.6 Å². The summed E-state index contributed by atoms with van der Waals surface area (Å²) in [6, 6.07) is 7.19. The molecule has 1 aromatic carbocycles. The molecule has 0 saturated heterocycles. The molecule has 0 fully saturated rings. The summed E-state index contributed by atoms with van der Waals surface area (Å²) in [5.74, 6) is -0.0197. The lowest BCUT2D eigenvalue weighted by Gasteiger charge is -2.18. The number of nitrogens with zero attached hydrogens (tertiary/aromatic N) is 4. The standard InChI is InChI=1S/C24H23ClN4O6/c1-4-34-12-15-19(20-16(32-2)10-26-11-17(20)33-3)22(30)21(23(31)27-15)24-29-28-18(35-24)9-13-5-7-14(25)8-6-13/h5-8,10-11H,4,9,12H2,1-3H3,(H2,27,30,31). The van der Waals surface area contributed by atoms with Crippen LogP contribution in [-0.2, 0) is 17.8 Å². The van der Waals surface area contributed by atoms with Gasteiger partial charge in [-0.25, -0.2) is 4.98 Å². The largest absolute Gasteiger partial charge is 0.506 e. The van der Waals surface area contributed by atoms with Gasteiger partial charge in [-0.2, -0.15) is 0 Å². The summed E-state index contributed by atoms with van der Waals surface area (Å²) in [6.07, 6.45) is 3.29. The Balaban J connectivity index is 1.85. The molecule has 0 aliphatic rings. The fourth-order valence-corrected chi connectivity index (χ4v) is 3.68. The lowest BCUT2D eigenvalue weighted by Crippen LogP contribution is -2.03. The van der Waals surface area contributed by atoms with Crippen molar-refractivity contribution < 1.29 is 28.8 Å². The molecule has 0 aliphatic carbocycles. The van der Waals surface area contributed by atoms with E-state index in [-0.39, 0.29) is 41.0 Å². The van der Waals surface area contributed by atoms with Crippen LogP contribution in [0.3, 0.4) is 0 Å². The number of hydrogen-bond acceptors (Lipinski definition) is 10. The van der Waals surface area contributed by atoms with E-state index in [1.807, 2.05) is 19.1 Å². The second kappa shape index (κ2) is 10.6. The van der Waals surface area contributed by atoms with Crippen LogP contribution in [0.4, 0.5) is 0 Å². The molecule has 3 aromatic heterocycles. The molecule has 0 spiro atoms. The maximum atomic E-state index is 11.4. The van der Waals surface area contributed by atoms with Crippen molar-refractivity contribution in [3.63, 3.8) is 0 Å². The predicted octanol–water partition coefficient (Wildman–Crippen LogP) is 4.40. The zero-order chi connectivity index (χ0) is 24.9. The number of halogens is 1. The van der Waals surface area contributed by atoms with Gasteiger partial charge in [-0.3, -0.25) is 4.98 Å². The zero-order valence-electron chi connectivity index (χ0n) is 19.3. The number of methoxy groups -OCH3 is 2. The van der Waals surface area contributed by atoms with Crippen molar-refractivity contribution in [2.75, 3.05) is 20.8 Å². The van der Waals surface area contributed by atoms with Crippen LogP contribution in [0, 0.1) is 0 Å². The van der Waals surface area contributed by atoms with Crippen LogP contribution in [0.1, 0.15) is 24.1 Å². The molecular weight excluding hydrogens is 476 g/mol. The Morgan fingerprint density at radius 2 is 1.63 bits per heavy atom. The summed E-state index contributed by atoms with van der Waals surface area (Å²) in [7, 11) is 2.93. The number of benzene rings is 1. The number of aromatic hydroxyl groups is 2. The SMILES string of the molecule is CCOCc1nc(O)c(-c2nnc(Cc3ccc(Cl)cc3)o2)c(O)c1-c1c(OC)cncc1OC. The second-order valence-corrected chi connectivity index (χ2v) is 7.78. The van der Waals surface area contributed by atoms with E-state index in [4.69, 9.17) is 30.2 Å². The molecule has 10 nitrogen and oxygen atoms in total. The molecule has 11 heteroatoms. The highest BCUT2D eigenvalue weighted by atomic mass is 35.5. The first kappa shape index (κ1) is 24.2. The van der Waals surface area contributed by atoms with Gasteiger partial charge in [0.05, 0.1) is 56.5 Å². The van der Waals surface area contributed by atoms with Gasteiger partial charge < -0.3 is 28.8 Å². The van der Waals surface area contributed by atoms with Crippen molar-refractivity contribution in [2.45, 2.75) is 20.0 Å². The van der Waals surface area contributed by atoms with E-state index in [0.717, 1.165) is 5.56 Å². The molecule has 182 valence electrons. The lowest BCUT2D eigenvalue weighted by atomic mass is 9.99. The van der Waals surface area contributed by atoms with Gasteiger partial charge in [0, 0.05) is 11.6 Å². The molecule has 0 amide bonds. The molecule has 0 aliphatic heterocycles. The van der Waals surface area contributed by atoms with Crippen LogP contribution in [-0.4, -0.2) is 51.2 Å². The van der Waals surface area contributed by atoms with E-state index >= 15 is 0 Å². The second-order valence-electron chi connectivity index (χ2n) is 7.34. The van der Waals surface area contributed by atoms with Gasteiger partial charge in [-0.15, -0.1) is 10.2 Å². The predicted molar refractivity (Wildman–Crippen MR) is 127 cm³/mol. The first-order chi connectivity index (χ1) is 17.0. The molecule has 0 atom stereocenters. The zero-order valence-corrected chi connectivity index (χ0v) is 20.0. The maximum Gasteiger partial charge on any atom is 0.257 e. The monoisotopic (exact) mass is 498 g/mol. The summed E-state index contributed by atoms with van der Waals surface area (Å²) in [4.78, 5) is 8.37. The first-order valence-electron chi connectivity index (χ1n) is 10.6.